The molecule has 1 aliphatic carbocycles. The second-order valence-corrected chi connectivity index (χ2v) is 5.37. The Morgan fingerprint density at radius 3 is 2.53 bits per heavy atom. The fourth-order valence-corrected chi connectivity index (χ4v) is 3.03. The third kappa shape index (κ3) is 3.31. The van der Waals surface area contributed by atoms with Crippen LogP contribution in [-0.2, 0) is 0 Å². The maximum atomic E-state index is 13.9. The van der Waals surface area contributed by atoms with Crippen LogP contribution >= 0.6 is 0 Å². The van der Waals surface area contributed by atoms with Crippen LogP contribution in [0.4, 0.5) is 8.78 Å². The summed E-state index contributed by atoms with van der Waals surface area (Å²) in [6.07, 6.45) is 5.99. The van der Waals surface area contributed by atoms with E-state index < -0.39 is 11.6 Å². The van der Waals surface area contributed by atoms with E-state index in [1.54, 1.807) is 0 Å². The molecule has 106 valence electrons. The average Bonchev–Trinajstić information content (AvgIpc) is 2.42. The first-order valence-electron chi connectivity index (χ1n) is 7.00. The molecule has 0 heterocycles. The van der Waals surface area contributed by atoms with Crippen molar-refractivity contribution >= 4 is 0 Å². The van der Waals surface area contributed by atoms with Crippen molar-refractivity contribution in [3.63, 3.8) is 0 Å². The van der Waals surface area contributed by atoms with Crippen LogP contribution in [0.15, 0.2) is 18.2 Å². The Hall–Kier alpha value is -1.00. The zero-order valence-electron chi connectivity index (χ0n) is 11.4. The highest BCUT2D eigenvalue weighted by Gasteiger charge is 2.26. The van der Waals surface area contributed by atoms with Crippen LogP contribution < -0.4 is 5.73 Å². The number of hydrogen-bond acceptors (Lipinski definition) is 2. The lowest BCUT2D eigenvalue weighted by atomic mass is 9.92. The molecule has 19 heavy (non-hydrogen) atoms. The Kier molecular flexibility index (Phi) is 4.88. The molecule has 0 radical (unpaired) electrons. The van der Waals surface area contributed by atoms with Crippen LogP contribution in [0.3, 0.4) is 0 Å². The molecule has 1 unspecified atom stereocenters. The van der Waals surface area contributed by atoms with Gasteiger partial charge in [0.25, 0.3) is 0 Å². The van der Waals surface area contributed by atoms with E-state index in [4.69, 9.17) is 5.73 Å². The van der Waals surface area contributed by atoms with Gasteiger partial charge in [-0.05, 0) is 26.0 Å². The highest BCUT2D eigenvalue weighted by atomic mass is 19.1. The molecule has 0 aliphatic heterocycles. The molecule has 1 atom stereocenters. The summed E-state index contributed by atoms with van der Waals surface area (Å²) in [6, 6.07) is 4.03. The standard InChI is InChI=1S/C15H22F2N2/c1-19(12-5-3-2-4-6-12)15(10-18)13-8-7-11(16)9-14(13)17/h7-9,12,15H,2-6,10,18H2,1H3. The molecule has 1 fully saturated rings. The Morgan fingerprint density at radius 2 is 1.95 bits per heavy atom. The minimum atomic E-state index is -0.544. The van der Waals surface area contributed by atoms with Crippen molar-refractivity contribution in [3.8, 4) is 0 Å². The molecule has 0 bridgehead atoms. The van der Waals surface area contributed by atoms with E-state index in [1.165, 1.54) is 31.4 Å². The SMILES string of the molecule is CN(C1CCCCC1)C(CN)c1ccc(F)cc1F. The maximum Gasteiger partial charge on any atom is 0.130 e. The van der Waals surface area contributed by atoms with Crippen LogP contribution in [-0.4, -0.2) is 24.5 Å². The van der Waals surface area contributed by atoms with Gasteiger partial charge < -0.3 is 5.73 Å². The number of hydrogen-bond donors (Lipinski definition) is 1. The minimum Gasteiger partial charge on any atom is -0.329 e. The highest BCUT2D eigenvalue weighted by Crippen LogP contribution is 2.29. The summed E-state index contributed by atoms with van der Waals surface area (Å²) < 4.78 is 26.9. The fraction of sp³-hybridized carbons (Fsp3) is 0.600. The van der Waals surface area contributed by atoms with Crippen molar-refractivity contribution in [2.75, 3.05) is 13.6 Å². The van der Waals surface area contributed by atoms with Crippen molar-refractivity contribution in [2.45, 2.75) is 44.2 Å². The summed E-state index contributed by atoms with van der Waals surface area (Å²) in [4.78, 5) is 2.16. The van der Waals surface area contributed by atoms with E-state index >= 15 is 0 Å². The fourth-order valence-electron chi connectivity index (χ4n) is 3.03. The molecular formula is C15H22F2N2. The van der Waals surface area contributed by atoms with Crippen LogP contribution in [0, 0.1) is 11.6 Å². The minimum absolute atomic E-state index is 0.177. The maximum absolute atomic E-state index is 13.9. The molecular weight excluding hydrogens is 246 g/mol. The van der Waals surface area contributed by atoms with Crippen molar-refractivity contribution in [1.29, 1.82) is 0 Å². The summed E-state index contributed by atoms with van der Waals surface area (Å²) in [5.74, 6) is -1.05. The van der Waals surface area contributed by atoms with Gasteiger partial charge >= 0.3 is 0 Å². The summed E-state index contributed by atoms with van der Waals surface area (Å²) >= 11 is 0. The first-order valence-corrected chi connectivity index (χ1v) is 7.00. The van der Waals surface area contributed by atoms with Crippen LogP contribution in [0.5, 0.6) is 0 Å². The normalized spacial score (nSPS) is 18.8. The zero-order chi connectivity index (χ0) is 13.8. The van der Waals surface area contributed by atoms with Crippen molar-refractivity contribution in [1.82, 2.24) is 4.90 Å². The molecule has 2 N–H and O–H groups in total. The topological polar surface area (TPSA) is 29.3 Å². The number of nitrogens with two attached hydrogens (primary N) is 1. The third-order valence-corrected chi connectivity index (χ3v) is 4.19. The molecule has 0 amide bonds. The number of rotatable bonds is 4. The molecule has 4 heteroatoms. The second kappa shape index (κ2) is 6.44. The van der Waals surface area contributed by atoms with Crippen LogP contribution in [0.2, 0.25) is 0 Å². The molecule has 2 rings (SSSR count). The summed E-state index contributed by atoms with van der Waals surface area (Å²) in [5.41, 5.74) is 6.31. The van der Waals surface area contributed by atoms with Gasteiger partial charge in [0.1, 0.15) is 11.6 Å². The van der Waals surface area contributed by atoms with Gasteiger partial charge in [0.05, 0.1) is 0 Å². The summed E-state index contributed by atoms with van der Waals surface area (Å²) in [6.45, 7) is 0.343. The van der Waals surface area contributed by atoms with Gasteiger partial charge in [-0.1, -0.05) is 25.3 Å². The summed E-state index contributed by atoms with van der Waals surface area (Å²) in [5, 5.41) is 0. The smallest absolute Gasteiger partial charge is 0.130 e. The van der Waals surface area contributed by atoms with E-state index in [1.807, 2.05) is 7.05 Å². The lowest BCUT2D eigenvalue weighted by molar-refractivity contribution is 0.138. The molecule has 1 aromatic rings. The Morgan fingerprint density at radius 1 is 1.26 bits per heavy atom. The number of halogens is 2. The molecule has 1 aromatic carbocycles. The molecule has 2 nitrogen and oxygen atoms in total. The molecule has 0 aromatic heterocycles. The van der Waals surface area contributed by atoms with Gasteiger partial charge in [-0.25, -0.2) is 8.78 Å². The Labute approximate surface area is 113 Å². The number of likely N-dealkylation sites (N-methyl/N-ethyl adjacent to an activating group) is 1. The zero-order valence-corrected chi connectivity index (χ0v) is 11.4. The largest absolute Gasteiger partial charge is 0.329 e. The van der Waals surface area contributed by atoms with Crippen LogP contribution in [0.1, 0.15) is 43.7 Å². The summed E-state index contributed by atoms with van der Waals surface area (Å²) in [7, 11) is 2.00. The van der Waals surface area contributed by atoms with Gasteiger partial charge in [0.2, 0.25) is 0 Å². The van der Waals surface area contributed by atoms with E-state index in [-0.39, 0.29) is 6.04 Å². The van der Waals surface area contributed by atoms with Crippen molar-refractivity contribution in [2.24, 2.45) is 5.73 Å². The second-order valence-electron chi connectivity index (χ2n) is 5.37. The monoisotopic (exact) mass is 268 g/mol. The van der Waals surface area contributed by atoms with Crippen LogP contribution in [0.25, 0.3) is 0 Å². The van der Waals surface area contributed by atoms with Crippen molar-refractivity contribution in [3.05, 3.63) is 35.4 Å². The molecule has 0 spiro atoms. The first kappa shape index (κ1) is 14.4. The van der Waals surface area contributed by atoms with Gasteiger partial charge in [-0.2, -0.15) is 0 Å². The predicted octanol–water partition coefficient (Wildman–Crippen LogP) is 3.23. The molecule has 0 saturated heterocycles. The average molecular weight is 268 g/mol. The van der Waals surface area contributed by atoms with E-state index in [0.29, 0.717) is 18.2 Å². The highest BCUT2D eigenvalue weighted by molar-refractivity contribution is 5.22. The molecule has 1 saturated carbocycles. The Bertz CT molecular complexity index is 417. The van der Waals surface area contributed by atoms with Gasteiger partial charge in [0, 0.05) is 30.3 Å². The van der Waals surface area contributed by atoms with E-state index in [0.717, 1.165) is 18.9 Å². The van der Waals surface area contributed by atoms with E-state index in [9.17, 15) is 8.78 Å². The number of benzene rings is 1. The van der Waals surface area contributed by atoms with Gasteiger partial charge in [0.15, 0.2) is 0 Å². The molecule has 1 aliphatic rings. The predicted molar refractivity (Wildman–Crippen MR) is 72.8 cm³/mol. The third-order valence-electron chi connectivity index (χ3n) is 4.19. The Balaban J connectivity index is 2.18. The number of nitrogens with zero attached hydrogens (tertiary/aromatic N) is 1. The lowest BCUT2D eigenvalue weighted by Crippen LogP contribution is -2.40. The van der Waals surface area contributed by atoms with E-state index in [2.05, 4.69) is 4.90 Å². The van der Waals surface area contributed by atoms with Gasteiger partial charge in [-0.15, -0.1) is 0 Å². The first-order chi connectivity index (χ1) is 9.13. The van der Waals surface area contributed by atoms with Crippen molar-refractivity contribution < 1.29 is 8.78 Å². The lowest BCUT2D eigenvalue weighted by Gasteiger charge is -2.37. The quantitative estimate of drug-likeness (QED) is 0.908. The van der Waals surface area contributed by atoms with Gasteiger partial charge in [-0.3, -0.25) is 4.90 Å².